The maximum absolute atomic E-state index is 12.1. The van der Waals surface area contributed by atoms with E-state index in [0.717, 1.165) is 24.2 Å². The van der Waals surface area contributed by atoms with Crippen molar-refractivity contribution in [1.29, 1.82) is 0 Å². The summed E-state index contributed by atoms with van der Waals surface area (Å²) in [5.74, 6) is -0.534. The van der Waals surface area contributed by atoms with Gasteiger partial charge in [0, 0.05) is 17.1 Å². The minimum Gasteiger partial charge on any atom is -0.462 e. The van der Waals surface area contributed by atoms with E-state index in [1.165, 1.54) is 11.3 Å². The van der Waals surface area contributed by atoms with Crippen LogP contribution in [0.4, 0.5) is 5.69 Å². The first-order chi connectivity index (χ1) is 13.1. The smallest absolute Gasteiger partial charge is 0.338 e. The SMILES string of the molecule is Cc1cccc(CCCOC(=O)c2ccc(NC(=O)c3cccs3)cc2)n1. The number of thiophene rings is 1. The van der Waals surface area contributed by atoms with E-state index in [0.29, 0.717) is 22.7 Å². The fourth-order valence-electron chi connectivity index (χ4n) is 2.53. The lowest BCUT2D eigenvalue weighted by Gasteiger charge is -2.07. The molecule has 0 atom stereocenters. The Morgan fingerprint density at radius 2 is 1.89 bits per heavy atom. The number of carbonyl (C=O) groups excluding carboxylic acids is 2. The number of rotatable bonds is 7. The van der Waals surface area contributed by atoms with Crippen molar-refractivity contribution in [2.75, 3.05) is 11.9 Å². The number of hydrogen-bond acceptors (Lipinski definition) is 5. The van der Waals surface area contributed by atoms with Gasteiger partial charge in [-0.15, -0.1) is 11.3 Å². The zero-order valence-electron chi connectivity index (χ0n) is 15.0. The van der Waals surface area contributed by atoms with Crippen LogP contribution in [0.2, 0.25) is 0 Å². The Kier molecular flexibility index (Phi) is 6.33. The van der Waals surface area contributed by atoms with E-state index in [-0.39, 0.29) is 11.9 Å². The standard InChI is InChI=1S/C21H20N2O3S/c1-15-5-2-6-17(22-15)7-3-13-26-21(25)16-9-11-18(12-10-16)23-20(24)19-8-4-14-27-19/h2,4-6,8-12,14H,3,7,13H2,1H3,(H,23,24). The molecule has 1 aromatic carbocycles. The molecule has 0 saturated heterocycles. The Hall–Kier alpha value is -2.99. The minimum absolute atomic E-state index is 0.162. The summed E-state index contributed by atoms with van der Waals surface area (Å²) in [6.45, 7) is 2.29. The van der Waals surface area contributed by atoms with Gasteiger partial charge in [-0.1, -0.05) is 12.1 Å². The molecule has 0 saturated carbocycles. The molecular formula is C21H20N2O3S. The third-order valence-electron chi connectivity index (χ3n) is 3.88. The minimum atomic E-state index is -0.372. The summed E-state index contributed by atoms with van der Waals surface area (Å²) >= 11 is 1.38. The predicted octanol–water partition coefficient (Wildman–Crippen LogP) is 4.49. The van der Waals surface area contributed by atoms with Crippen molar-refractivity contribution >= 4 is 28.9 Å². The average Bonchev–Trinajstić information content (AvgIpc) is 3.21. The molecule has 138 valence electrons. The highest BCUT2D eigenvalue weighted by Gasteiger charge is 2.09. The number of aryl methyl sites for hydroxylation is 2. The average molecular weight is 380 g/mol. The monoisotopic (exact) mass is 380 g/mol. The van der Waals surface area contributed by atoms with E-state index >= 15 is 0 Å². The number of benzene rings is 1. The summed E-state index contributed by atoms with van der Waals surface area (Å²) in [6, 6.07) is 16.2. The summed E-state index contributed by atoms with van der Waals surface area (Å²) in [7, 11) is 0. The lowest BCUT2D eigenvalue weighted by molar-refractivity contribution is 0.0500. The quantitative estimate of drug-likeness (QED) is 0.484. The molecule has 5 nitrogen and oxygen atoms in total. The topological polar surface area (TPSA) is 68.3 Å². The van der Waals surface area contributed by atoms with Crippen LogP contribution in [-0.4, -0.2) is 23.5 Å². The van der Waals surface area contributed by atoms with Crippen LogP contribution >= 0.6 is 11.3 Å². The van der Waals surface area contributed by atoms with Crippen molar-refractivity contribution in [2.45, 2.75) is 19.8 Å². The summed E-state index contributed by atoms with van der Waals surface area (Å²) in [6.07, 6.45) is 1.49. The molecule has 3 aromatic rings. The summed E-state index contributed by atoms with van der Waals surface area (Å²) in [4.78, 5) is 29.2. The van der Waals surface area contributed by atoms with E-state index in [9.17, 15) is 9.59 Å². The Balaban J connectivity index is 1.45. The van der Waals surface area contributed by atoms with Crippen LogP contribution in [0.5, 0.6) is 0 Å². The first-order valence-electron chi connectivity index (χ1n) is 8.66. The zero-order valence-corrected chi connectivity index (χ0v) is 15.8. The summed E-state index contributed by atoms with van der Waals surface area (Å²) in [5.41, 5.74) is 3.07. The number of nitrogens with zero attached hydrogens (tertiary/aromatic N) is 1. The zero-order chi connectivity index (χ0) is 19.1. The van der Waals surface area contributed by atoms with E-state index in [2.05, 4.69) is 10.3 Å². The number of hydrogen-bond donors (Lipinski definition) is 1. The Morgan fingerprint density at radius 3 is 2.59 bits per heavy atom. The molecule has 0 bridgehead atoms. The highest BCUT2D eigenvalue weighted by Crippen LogP contribution is 2.15. The molecule has 2 heterocycles. The molecule has 6 heteroatoms. The second kappa shape index (κ2) is 9.09. The van der Waals surface area contributed by atoms with Crippen molar-refractivity contribution in [3.05, 3.63) is 81.8 Å². The molecule has 0 spiro atoms. The number of ether oxygens (including phenoxy) is 1. The van der Waals surface area contributed by atoms with Crippen LogP contribution in [0.1, 0.15) is 37.8 Å². The molecule has 3 rings (SSSR count). The van der Waals surface area contributed by atoms with Gasteiger partial charge in [0.25, 0.3) is 5.91 Å². The number of amides is 1. The van der Waals surface area contributed by atoms with Crippen molar-refractivity contribution in [1.82, 2.24) is 4.98 Å². The fourth-order valence-corrected chi connectivity index (χ4v) is 3.15. The van der Waals surface area contributed by atoms with Gasteiger partial charge in [0.15, 0.2) is 0 Å². The number of anilines is 1. The van der Waals surface area contributed by atoms with Gasteiger partial charge in [0.1, 0.15) is 0 Å². The van der Waals surface area contributed by atoms with Gasteiger partial charge >= 0.3 is 5.97 Å². The van der Waals surface area contributed by atoms with Gasteiger partial charge in [-0.05, 0) is 67.6 Å². The number of esters is 1. The molecule has 0 fully saturated rings. The summed E-state index contributed by atoms with van der Waals surface area (Å²) < 4.78 is 5.31. The molecule has 0 radical (unpaired) electrons. The maximum atomic E-state index is 12.1. The van der Waals surface area contributed by atoms with Crippen LogP contribution in [0.3, 0.4) is 0 Å². The van der Waals surface area contributed by atoms with Crippen LogP contribution in [0.25, 0.3) is 0 Å². The third kappa shape index (κ3) is 5.49. The van der Waals surface area contributed by atoms with Crippen LogP contribution in [-0.2, 0) is 11.2 Å². The van der Waals surface area contributed by atoms with Crippen molar-refractivity contribution in [3.8, 4) is 0 Å². The van der Waals surface area contributed by atoms with E-state index in [4.69, 9.17) is 4.74 Å². The van der Waals surface area contributed by atoms with Gasteiger partial charge < -0.3 is 10.1 Å². The summed E-state index contributed by atoms with van der Waals surface area (Å²) in [5, 5.41) is 4.65. The second-order valence-electron chi connectivity index (χ2n) is 6.02. The lowest BCUT2D eigenvalue weighted by atomic mass is 10.2. The third-order valence-corrected chi connectivity index (χ3v) is 4.75. The van der Waals surface area contributed by atoms with E-state index in [1.807, 2.05) is 36.6 Å². The molecule has 2 aromatic heterocycles. The molecular weight excluding hydrogens is 360 g/mol. The molecule has 27 heavy (non-hydrogen) atoms. The van der Waals surface area contributed by atoms with Gasteiger partial charge in [-0.3, -0.25) is 9.78 Å². The Labute approximate surface area is 162 Å². The van der Waals surface area contributed by atoms with Gasteiger partial charge in [-0.2, -0.15) is 0 Å². The number of carbonyl (C=O) groups is 2. The van der Waals surface area contributed by atoms with Gasteiger partial charge in [-0.25, -0.2) is 4.79 Å². The maximum Gasteiger partial charge on any atom is 0.338 e. The second-order valence-corrected chi connectivity index (χ2v) is 6.97. The molecule has 0 aliphatic carbocycles. The van der Waals surface area contributed by atoms with Crippen LogP contribution in [0, 0.1) is 6.92 Å². The number of nitrogens with one attached hydrogen (secondary N) is 1. The number of aromatic nitrogens is 1. The van der Waals surface area contributed by atoms with E-state index in [1.54, 1.807) is 30.3 Å². The highest BCUT2D eigenvalue weighted by atomic mass is 32.1. The molecule has 0 aliphatic heterocycles. The normalized spacial score (nSPS) is 10.4. The fraction of sp³-hybridized carbons (Fsp3) is 0.190. The molecule has 1 amide bonds. The van der Waals surface area contributed by atoms with Crippen molar-refractivity contribution < 1.29 is 14.3 Å². The van der Waals surface area contributed by atoms with Crippen molar-refractivity contribution in [3.63, 3.8) is 0 Å². The molecule has 0 unspecified atom stereocenters. The first kappa shape index (κ1) is 18.8. The van der Waals surface area contributed by atoms with Crippen LogP contribution in [0.15, 0.2) is 60.0 Å². The van der Waals surface area contributed by atoms with Gasteiger partial charge in [0.2, 0.25) is 0 Å². The predicted molar refractivity (Wildman–Crippen MR) is 106 cm³/mol. The molecule has 1 N–H and O–H groups in total. The van der Waals surface area contributed by atoms with Crippen molar-refractivity contribution in [2.24, 2.45) is 0 Å². The molecule has 0 aliphatic rings. The van der Waals surface area contributed by atoms with E-state index < -0.39 is 0 Å². The Bertz CT molecular complexity index is 905. The van der Waals surface area contributed by atoms with Gasteiger partial charge in [0.05, 0.1) is 17.0 Å². The largest absolute Gasteiger partial charge is 0.462 e. The lowest BCUT2D eigenvalue weighted by Crippen LogP contribution is -2.11. The number of pyridine rings is 1. The first-order valence-corrected chi connectivity index (χ1v) is 9.54. The van der Waals surface area contributed by atoms with Crippen LogP contribution < -0.4 is 5.32 Å². The highest BCUT2D eigenvalue weighted by molar-refractivity contribution is 7.12. The Morgan fingerprint density at radius 1 is 1.07 bits per heavy atom.